The molecule has 2 aromatic rings. The average molecular weight is 324 g/mol. The van der Waals surface area contributed by atoms with Crippen LogP contribution in [0, 0.1) is 5.92 Å². The van der Waals surface area contributed by atoms with Crippen LogP contribution in [0.3, 0.4) is 0 Å². The van der Waals surface area contributed by atoms with E-state index in [4.69, 9.17) is 0 Å². The Kier molecular flexibility index (Phi) is 3.59. The van der Waals surface area contributed by atoms with Crippen LogP contribution < -0.4 is 15.8 Å². The van der Waals surface area contributed by atoms with Crippen molar-refractivity contribution < 1.29 is 4.79 Å². The Hall–Kier alpha value is -2.63. The highest BCUT2D eigenvalue weighted by Gasteiger charge is 2.34. The number of rotatable bonds is 2. The summed E-state index contributed by atoms with van der Waals surface area (Å²) < 4.78 is 1.93. The number of aromatic nitrogens is 2. The highest BCUT2D eigenvalue weighted by molar-refractivity contribution is 5.88. The maximum atomic E-state index is 12.1. The van der Waals surface area contributed by atoms with E-state index in [-0.39, 0.29) is 11.5 Å². The van der Waals surface area contributed by atoms with Crippen LogP contribution in [-0.2, 0) is 11.3 Å². The number of piperidine rings is 1. The number of carbonyl (C=O) groups excluding carboxylic acids is 1. The van der Waals surface area contributed by atoms with Crippen molar-refractivity contribution >= 4 is 17.4 Å². The van der Waals surface area contributed by atoms with Crippen molar-refractivity contribution in [1.82, 2.24) is 9.55 Å². The van der Waals surface area contributed by atoms with Crippen LogP contribution in [0.15, 0.2) is 41.3 Å². The Balaban J connectivity index is 1.58. The van der Waals surface area contributed by atoms with Gasteiger partial charge in [0.15, 0.2) is 0 Å². The lowest BCUT2D eigenvalue weighted by Crippen LogP contribution is -2.47. The van der Waals surface area contributed by atoms with Crippen LogP contribution in [0.1, 0.15) is 25.0 Å². The minimum Gasteiger partial charge on any atom is -0.356 e. The highest BCUT2D eigenvalue weighted by atomic mass is 16.1. The standard InChI is InChI=1S/C18H20N4O2/c1-12(23)20-15-5-6-17(19-8-15)21-9-13-7-14(11-21)16-3-2-4-18(24)22(16)10-13/h2-6,8,13-14H,7,9-11H2,1H3,(H,20,23)/t13-,14-/m0/s1. The fraction of sp³-hybridized carbons (Fsp3) is 0.389. The summed E-state index contributed by atoms with van der Waals surface area (Å²) in [7, 11) is 0. The molecule has 0 aromatic carbocycles. The summed E-state index contributed by atoms with van der Waals surface area (Å²) in [4.78, 5) is 30.0. The van der Waals surface area contributed by atoms with E-state index in [1.165, 1.54) is 6.92 Å². The van der Waals surface area contributed by atoms with E-state index in [2.05, 4.69) is 21.3 Å². The molecule has 2 aliphatic rings. The first kappa shape index (κ1) is 14.9. The molecule has 0 radical (unpaired) electrons. The monoisotopic (exact) mass is 324 g/mol. The number of pyridine rings is 2. The summed E-state index contributed by atoms with van der Waals surface area (Å²) in [5.74, 6) is 1.65. The number of hydrogen-bond donors (Lipinski definition) is 1. The summed E-state index contributed by atoms with van der Waals surface area (Å²) in [5.41, 5.74) is 1.95. The van der Waals surface area contributed by atoms with Crippen LogP contribution in [0.25, 0.3) is 0 Å². The third-order valence-electron chi connectivity index (χ3n) is 4.87. The third kappa shape index (κ3) is 2.68. The Morgan fingerprint density at radius 3 is 2.83 bits per heavy atom. The molecule has 124 valence electrons. The fourth-order valence-electron chi connectivity index (χ4n) is 3.93. The zero-order valence-electron chi connectivity index (χ0n) is 13.6. The van der Waals surface area contributed by atoms with Gasteiger partial charge in [-0.05, 0) is 30.5 Å². The molecular formula is C18H20N4O2. The number of amides is 1. The van der Waals surface area contributed by atoms with Crippen molar-refractivity contribution in [2.75, 3.05) is 23.3 Å². The van der Waals surface area contributed by atoms with Gasteiger partial charge in [0.05, 0.1) is 11.9 Å². The molecule has 0 aliphatic carbocycles. The molecule has 2 bridgehead atoms. The molecule has 24 heavy (non-hydrogen) atoms. The number of fused-ring (bicyclic) bond motifs is 4. The van der Waals surface area contributed by atoms with Crippen LogP contribution in [0.5, 0.6) is 0 Å². The minimum absolute atomic E-state index is 0.0981. The second kappa shape index (κ2) is 5.78. The summed E-state index contributed by atoms with van der Waals surface area (Å²) >= 11 is 0. The molecule has 4 heterocycles. The van der Waals surface area contributed by atoms with Gasteiger partial charge in [0.2, 0.25) is 5.91 Å². The maximum absolute atomic E-state index is 12.1. The number of carbonyl (C=O) groups is 1. The zero-order chi connectivity index (χ0) is 16.7. The van der Waals surface area contributed by atoms with E-state index >= 15 is 0 Å². The number of nitrogens with zero attached hydrogens (tertiary/aromatic N) is 3. The molecule has 1 amide bonds. The van der Waals surface area contributed by atoms with E-state index < -0.39 is 0 Å². The molecular weight excluding hydrogens is 304 g/mol. The Morgan fingerprint density at radius 1 is 1.21 bits per heavy atom. The summed E-state index contributed by atoms with van der Waals surface area (Å²) in [6.07, 6.45) is 2.82. The number of hydrogen-bond acceptors (Lipinski definition) is 4. The van der Waals surface area contributed by atoms with Crippen molar-refractivity contribution in [3.05, 3.63) is 52.6 Å². The zero-order valence-corrected chi connectivity index (χ0v) is 13.6. The molecule has 2 atom stereocenters. The summed E-state index contributed by atoms with van der Waals surface area (Å²) in [6, 6.07) is 9.40. The molecule has 0 unspecified atom stereocenters. The Labute approximate surface area is 140 Å². The number of nitrogens with one attached hydrogen (secondary N) is 1. The molecule has 4 rings (SSSR count). The third-order valence-corrected chi connectivity index (χ3v) is 4.87. The van der Waals surface area contributed by atoms with Crippen molar-refractivity contribution in [2.24, 2.45) is 5.92 Å². The predicted molar refractivity (Wildman–Crippen MR) is 92.3 cm³/mol. The largest absolute Gasteiger partial charge is 0.356 e. The van der Waals surface area contributed by atoms with Gasteiger partial charge in [-0.2, -0.15) is 0 Å². The number of anilines is 2. The van der Waals surface area contributed by atoms with E-state index in [1.54, 1.807) is 12.3 Å². The van der Waals surface area contributed by atoms with Crippen molar-refractivity contribution in [1.29, 1.82) is 0 Å². The molecule has 6 heteroatoms. The van der Waals surface area contributed by atoms with Crippen LogP contribution >= 0.6 is 0 Å². The smallest absolute Gasteiger partial charge is 0.250 e. The van der Waals surface area contributed by atoms with Crippen LogP contribution in [0.2, 0.25) is 0 Å². The van der Waals surface area contributed by atoms with E-state index in [1.807, 2.05) is 22.8 Å². The van der Waals surface area contributed by atoms with Crippen molar-refractivity contribution in [3.63, 3.8) is 0 Å². The van der Waals surface area contributed by atoms with E-state index in [0.29, 0.717) is 17.5 Å². The lowest BCUT2D eigenvalue weighted by atomic mass is 9.83. The average Bonchev–Trinajstić information content (AvgIpc) is 2.56. The predicted octanol–water partition coefficient (Wildman–Crippen LogP) is 1.83. The lowest BCUT2D eigenvalue weighted by molar-refractivity contribution is -0.114. The topological polar surface area (TPSA) is 67.2 Å². The highest BCUT2D eigenvalue weighted by Crippen LogP contribution is 2.36. The fourth-order valence-corrected chi connectivity index (χ4v) is 3.93. The van der Waals surface area contributed by atoms with Gasteiger partial charge in [0.25, 0.3) is 5.56 Å². The van der Waals surface area contributed by atoms with Gasteiger partial charge in [0.1, 0.15) is 5.82 Å². The van der Waals surface area contributed by atoms with Gasteiger partial charge in [-0.15, -0.1) is 0 Å². The molecule has 1 fully saturated rings. The van der Waals surface area contributed by atoms with Crippen molar-refractivity contribution in [3.8, 4) is 0 Å². The molecule has 0 saturated carbocycles. The molecule has 0 spiro atoms. The van der Waals surface area contributed by atoms with E-state index in [9.17, 15) is 9.59 Å². The van der Waals surface area contributed by atoms with Gasteiger partial charge in [-0.25, -0.2) is 4.98 Å². The minimum atomic E-state index is -0.0981. The summed E-state index contributed by atoms with van der Waals surface area (Å²) in [5, 5.41) is 2.74. The normalized spacial score (nSPS) is 22.0. The lowest BCUT2D eigenvalue weighted by Gasteiger charge is -2.43. The quantitative estimate of drug-likeness (QED) is 0.915. The van der Waals surface area contributed by atoms with Crippen LogP contribution in [-0.4, -0.2) is 28.5 Å². The van der Waals surface area contributed by atoms with Gasteiger partial charge in [-0.1, -0.05) is 6.07 Å². The molecule has 6 nitrogen and oxygen atoms in total. The first-order valence-electron chi connectivity index (χ1n) is 8.28. The SMILES string of the molecule is CC(=O)Nc1ccc(N2C[C@@H]3C[C@@H](C2)c2cccc(=O)n2C3)nc1. The maximum Gasteiger partial charge on any atom is 0.250 e. The Morgan fingerprint density at radius 2 is 2.08 bits per heavy atom. The van der Waals surface area contributed by atoms with Crippen LogP contribution in [0.4, 0.5) is 11.5 Å². The van der Waals surface area contributed by atoms with Gasteiger partial charge < -0.3 is 14.8 Å². The molecule has 1 N–H and O–H groups in total. The van der Waals surface area contributed by atoms with Gasteiger partial charge >= 0.3 is 0 Å². The first-order chi connectivity index (χ1) is 11.6. The molecule has 1 saturated heterocycles. The first-order valence-corrected chi connectivity index (χ1v) is 8.28. The van der Waals surface area contributed by atoms with Gasteiger partial charge in [0, 0.05) is 44.2 Å². The second-order valence-electron chi connectivity index (χ2n) is 6.69. The summed E-state index contributed by atoms with van der Waals surface area (Å²) in [6.45, 7) is 4.04. The second-order valence-corrected chi connectivity index (χ2v) is 6.69. The molecule has 2 aliphatic heterocycles. The van der Waals surface area contributed by atoms with E-state index in [0.717, 1.165) is 37.6 Å². The molecule has 2 aromatic heterocycles. The van der Waals surface area contributed by atoms with Crippen molar-refractivity contribution in [2.45, 2.75) is 25.8 Å². The van der Waals surface area contributed by atoms with Gasteiger partial charge in [-0.3, -0.25) is 9.59 Å². The Bertz CT molecular complexity index is 828.